The number of carbonyl (C=O) groups is 1. The maximum atomic E-state index is 12.8. The quantitative estimate of drug-likeness (QED) is 0.311. The zero-order valence-corrected chi connectivity index (χ0v) is 19.1. The first-order valence-corrected chi connectivity index (χ1v) is 10.7. The normalized spacial score (nSPS) is 16.5. The summed E-state index contributed by atoms with van der Waals surface area (Å²) in [6, 6.07) is 14.1. The fraction of sp³-hybridized carbons (Fsp3) is 0.348. The zero-order valence-electron chi connectivity index (χ0n) is 18.4. The molecule has 9 heteroatoms. The lowest BCUT2D eigenvalue weighted by Gasteiger charge is -2.44. The summed E-state index contributed by atoms with van der Waals surface area (Å²) in [5, 5.41) is 15.6. The topological polar surface area (TPSA) is 93.0 Å². The van der Waals surface area contributed by atoms with E-state index in [9.17, 15) is 10.1 Å². The van der Waals surface area contributed by atoms with Gasteiger partial charge in [-0.05, 0) is 54.4 Å². The second-order valence-corrected chi connectivity index (χ2v) is 8.19. The average Bonchev–Trinajstić information content (AvgIpc) is 2.80. The number of urea groups is 1. The van der Waals surface area contributed by atoms with Crippen LogP contribution in [0.5, 0.6) is 5.75 Å². The standard InChI is InChI=1S/C23H27ClN6O2/c1-16(2)21-14-29(23(31)28-19-6-4-17(24)5-7-19)12-13-30(21)22(26-15-25)27-18-8-10-20(32-3)11-9-18/h4-11,16,21H,12-14H2,1-3H3,(H,26,27)(H,28,31). The molecule has 0 saturated carbocycles. The van der Waals surface area contributed by atoms with Gasteiger partial charge < -0.3 is 19.9 Å². The highest BCUT2D eigenvalue weighted by Crippen LogP contribution is 2.22. The number of rotatable bonds is 4. The van der Waals surface area contributed by atoms with Crippen LogP contribution in [-0.2, 0) is 0 Å². The van der Waals surface area contributed by atoms with Crippen LogP contribution in [0.1, 0.15) is 13.8 Å². The van der Waals surface area contributed by atoms with Crippen LogP contribution in [0, 0.1) is 17.4 Å². The molecule has 1 unspecified atom stereocenters. The van der Waals surface area contributed by atoms with Crippen LogP contribution in [0.15, 0.2) is 53.5 Å². The number of hydrogen-bond acceptors (Lipinski definition) is 4. The maximum Gasteiger partial charge on any atom is 0.321 e. The number of piperazine rings is 1. The van der Waals surface area contributed by atoms with Crippen LogP contribution in [-0.4, -0.2) is 54.6 Å². The van der Waals surface area contributed by atoms with E-state index in [0.29, 0.717) is 42.0 Å². The monoisotopic (exact) mass is 454 g/mol. The Morgan fingerprint density at radius 1 is 1.19 bits per heavy atom. The molecule has 1 heterocycles. The van der Waals surface area contributed by atoms with Gasteiger partial charge in [0.05, 0.1) is 18.8 Å². The van der Waals surface area contributed by atoms with Gasteiger partial charge in [0, 0.05) is 30.3 Å². The number of aliphatic imine (C=N–C) groups is 1. The lowest BCUT2D eigenvalue weighted by molar-refractivity contribution is 0.118. The van der Waals surface area contributed by atoms with E-state index in [-0.39, 0.29) is 18.0 Å². The van der Waals surface area contributed by atoms with E-state index < -0.39 is 0 Å². The number of benzene rings is 2. The van der Waals surface area contributed by atoms with Gasteiger partial charge in [-0.25, -0.2) is 9.79 Å². The van der Waals surface area contributed by atoms with Crippen LogP contribution in [0.3, 0.4) is 0 Å². The van der Waals surface area contributed by atoms with Crippen LogP contribution < -0.4 is 15.4 Å². The summed E-state index contributed by atoms with van der Waals surface area (Å²) in [5.41, 5.74) is 1.39. The second kappa shape index (κ2) is 10.7. The van der Waals surface area contributed by atoms with E-state index >= 15 is 0 Å². The Morgan fingerprint density at radius 3 is 2.47 bits per heavy atom. The molecule has 32 heavy (non-hydrogen) atoms. The van der Waals surface area contributed by atoms with Crippen molar-refractivity contribution in [3.63, 3.8) is 0 Å². The molecule has 1 aliphatic rings. The van der Waals surface area contributed by atoms with Crippen LogP contribution in [0.4, 0.5) is 16.2 Å². The molecule has 1 atom stereocenters. The number of nitriles is 1. The van der Waals surface area contributed by atoms with E-state index in [2.05, 4.69) is 34.4 Å². The largest absolute Gasteiger partial charge is 0.497 e. The number of amides is 2. The number of halogens is 1. The van der Waals surface area contributed by atoms with Gasteiger partial charge in [-0.2, -0.15) is 5.26 Å². The van der Waals surface area contributed by atoms with Gasteiger partial charge in [-0.15, -0.1) is 0 Å². The van der Waals surface area contributed by atoms with Gasteiger partial charge in [-0.1, -0.05) is 25.4 Å². The van der Waals surface area contributed by atoms with E-state index in [0.717, 1.165) is 5.75 Å². The first-order chi connectivity index (χ1) is 15.4. The molecule has 2 amide bonds. The minimum atomic E-state index is -0.167. The molecule has 2 N–H and O–H groups in total. The highest BCUT2D eigenvalue weighted by Gasteiger charge is 2.33. The van der Waals surface area contributed by atoms with Crippen LogP contribution in [0.25, 0.3) is 0 Å². The molecular weight excluding hydrogens is 428 g/mol. The number of methoxy groups -OCH3 is 1. The first kappa shape index (κ1) is 23.2. The third-order valence-corrected chi connectivity index (χ3v) is 5.57. The van der Waals surface area contributed by atoms with E-state index in [4.69, 9.17) is 16.3 Å². The Kier molecular flexibility index (Phi) is 7.79. The number of nitrogens with one attached hydrogen (secondary N) is 2. The minimum absolute atomic E-state index is 0.0161. The molecule has 0 bridgehead atoms. The SMILES string of the molecule is COc1ccc(N=C(NC#N)N2CCN(C(=O)Nc3ccc(Cl)cc3)CC2C(C)C)cc1. The summed E-state index contributed by atoms with van der Waals surface area (Å²) in [7, 11) is 1.61. The van der Waals surface area contributed by atoms with Gasteiger partial charge in [0.1, 0.15) is 5.75 Å². The van der Waals surface area contributed by atoms with Crippen molar-refractivity contribution >= 4 is 35.0 Å². The highest BCUT2D eigenvalue weighted by molar-refractivity contribution is 6.30. The van der Waals surface area contributed by atoms with Crippen molar-refractivity contribution in [3.05, 3.63) is 53.6 Å². The van der Waals surface area contributed by atoms with Gasteiger partial charge in [0.25, 0.3) is 0 Å². The molecule has 0 aliphatic carbocycles. The van der Waals surface area contributed by atoms with Crippen molar-refractivity contribution in [2.45, 2.75) is 19.9 Å². The number of carbonyl (C=O) groups excluding carboxylic acids is 1. The van der Waals surface area contributed by atoms with Gasteiger partial charge in [0.15, 0.2) is 6.19 Å². The molecule has 1 aliphatic heterocycles. The Bertz CT molecular complexity index is 985. The predicted octanol–water partition coefficient (Wildman–Crippen LogP) is 4.28. The second-order valence-electron chi connectivity index (χ2n) is 7.76. The van der Waals surface area contributed by atoms with Gasteiger partial charge in [0.2, 0.25) is 5.96 Å². The molecule has 2 aromatic rings. The molecule has 0 radical (unpaired) electrons. The lowest BCUT2D eigenvalue weighted by Crippen LogP contribution is -2.60. The molecule has 1 fully saturated rings. The Labute approximate surface area is 193 Å². The number of nitrogens with zero attached hydrogens (tertiary/aromatic N) is 4. The molecule has 168 valence electrons. The summed E-state index contributed by atoms with van der Waals surface area (Å²) in [4.78, 5) is 21.3. The third-order valence-electron chi connectivity index (χ3n) is 5.32. The van der Waals surface area contributed by atoms with Gasteiger partial charge in [-0.3, -0.25) is 5.32 Å². The molecular formula is C23H27ClN6O2. The minimum Gasteiger partial charge on any atom is -0.497 e. The van der Waals surface area contributed by atoms with E-state index in [1.165, 1.54) is 0 Å². The summed E-state index contributed by atoms with van der Waals surface area (Å²) in [6.45, 7) is 5.73. The van der Waals surface area contributed by atoms with Crippen molar-refractivity contribution < 1.29 is 9.53 Å². The highest BCUT2D eigenvalue weighted by atomic mass is 35.5. The van der Waals surface area contributed by atoms with Crippen LogP contribution in [0.2, 0.25) is 5.02 Å². The van der Waals surface area contributed by atoms with E-state index in [1.54, 1.807) is 36.3 Å². The summed E-state index contributed by atoms with van der Waals surface area (Å²) in [6.07, 6.45) is 1.99. The smallest absolute Gasteiger partial charge is 0.321 e. The predicted molar refractivity (Wildman–Crippen MR) is 126 cm³/mol. The summed E-state index contributed by atoms with van der Waals surface area (Å²) in [5.74, 6) is 1.43. The molecule has 2 aromatic carbocycles. The lowest BCUT2D eigenvalue weighted by atomic mass is 10.00. The Morgan fingerprint density at radius 2 is 1.88 bits per heavy atom. The Hall–Kier alpha value is -3.44. The van der Waals surface area contributed by atoms with E-state index in [1.807, 2.05) is 30.5 Å². The third kappa shape index (κ3) is 5.83. The molecule has 3 rings (SSSR count). The molecule has 1 saturated heterocycles. The molecule has 0 spiro atoms. The number of hydrogen-bond donors (Lipinski definition) is 2. The van der Waals surface area contributed by atoms with Crippen molar-refractivity contribution in [2.24, 2.45) is 10.9 Å². The zero-order chi connectivity index (χ0) is 23.1. The Balaban J connectivity index is 1.76. The van der Waals surface area contributed by atoms with Crippen LogP contribution >= 0.6 is 11.6 Å². The number of guanidine groups is 1. The number of anilines is 1. The number of ether oxygens (including phenoxy) is 1. The fourth-order valence-corrected chi connectivity index (χ4v) is 3.68. The van der Waals surface area contributed by atoms with Crippen molar-refractivity contribution in [1.29, 1.82) is 5.26 Å². The molecule has 0 aromatic heterocycles. The molecule has 8 nitrogen and oxygen atoms in total. The first-order valence-electron chi connectivity index (χ1n) is 10.4. The maximum absolute atomic E-state index is 12.8. The van der Waals surface area contributed by atoms with Gasteiger partial charge >= 0.3 is 6.03 Å². The van der Waals surface area contributed by atoms with Crippen molar-refractivity contribution in [1.82, 2.24) is 15.1 Å². The summed E-state index contributed by atoms with van der Waals surface area (Å²) < 4.78 is 5.19. The average molecular weight is 455 g/mol. The summed E-state index contributed by atoms with van der Waals surface area (Å²) >= 11 is 5.92. The van der Waals surface area contributed by atoms with Crippen molar-refractivity contribution in [3.8, 4) is 11.9 Å². The van der Waals surface area contributed by atoms with Crippen molar-refractivity contribution in [2.75, 3.05) is 32.1 Å². The fourth-order valence-electron chi connectivity index (χ4n) is 3.56.